The molecule has 9 nitrogen and oxygen atoms in total. The molecule has 0 bridgehead atoms. The van der Waals surface area contributed by atoms with Crippen molar-refractivity contribution in [2.45, 2.75) is 13.3 Å². The van der Waals surface area contributed by atoms with Crippen LogP contribution in [0.15, 0.2) is 67.4 Å². The molecule has 0 unspecified atom stereocenters. The molecule has 1 aliphatic heterocycles. The van der Waals surface area contributed by atoms with Crippen LogP contribution in [0.1, 0.15) is 17.5 Å². The molecule has 2 N–H and O–H groups in total. The van der Waals surface area contributed by atoms with Crippen molar-refractivity contribution in [3.05, 3.63) is 78.5 Å². The number of aryl methyl sites for hydroxylation is 1. The van der Waals surface area contributed by atoms with Crippen molar-refractivity contribution < 1.29 is 9.47 Å². The molecule has 6 rings (SSSR count). The Kier molecular flexibility index (Phi) is 5.67. The van der Waals surface area contributed by atoms with E-state index in [-0.39, 0.29) is 0 Å². The SMILES string of the molecule is COc1c(C2=CCNCC2)ccc2ncnc(Nc3ccc(Oc4ccn5ncnc5c4)c(C)c3)c12. The lowest BCUT2D eigenvalue weighted by Gasteiger charge is -2.19. The van der Waals surface area contributed by atoms with E-state index in [9.17, 15) is 0 Å². The highest BCUT2D eigenvalue weighted by molar-refractivity contribution is 5.99. The number of hydrogen-bond acceptors (Lipinski definition) is 8. The number of hydrogen-bond donors (Lipinski definition) is 2. The van der Waals surface area contributed by atoms with E-state index in [0.29, 0.717) is 11.6 Å². The lowest BCUT2D eigenvalue weighted by atomic mass is 9.97. The summed E-state index contributed by atoms with van der Waals surface area (Å²) >= 11 is 0. The van der Waals surface area contributed by atoms with Crippen molar-refractivity contribution in [2.75, 3.05) is 25.5 Å². The Morgan fingerprint density at radius 2 is 1.97 bits per heavy atom. The van der Waals surface area contributed by atoms with Crippen LogP contribution < -0.4 is 20.1 Å². The summed E-state index contributed by atoms with van der Waals surface area (Å²) in [5.74, 6) is 2.93. The van der Waals surface area contributed by atoms with Gasteiger partial charge in [-0.05, 0) is 67.4 Å². The molecule has 0 atom stereocenters. The van der Waals surface area contributed by atoms with Gasteiger partial charge in [-0.2, -0.15) is 5.10 Å². The highest BCUT2D eigenvalue weighted by Gasteiger charge is 2.18. The van der Waals surface area contributed by atoms with Gasteiger partial charge in [0.1, 0.15) is 35.7 Å². The highest BCUT2D eigenvalue weighted by Crippen LogP contribution is 2.39. The molecular weight excluding hydrogens is 454 g/mol. The third-order valence-electron chi connectivity index (χ3n) is 6.29. The van der Waals surface area contributed by atoms with Gasteiger partial charge in [0.05, 0.1) is 18.0 Å². The second-order valence-corrected chi connectivity index (χ2v) is 8.58. The molecule has 1 aliphatic rings. The maximum absolute atomic E-state index is 6.12. The second kappa shape index (κ2) is 9.27. The van der Waals surface area contributed by atoms with Gasteiger partial charge in [-0.25, -0.2) is 19.5 Å². The smallest absolute Gasteiger partial charge is 0.158 e. The quantitative estimate of drug-likeness (QED) is 0.355. The molecule has 0 aliphatic carbocycles. The first-order valence-corrected chi connectivity index (χ1v) is 11.8. The fourth-order valence-electron chi connectivity index (χ4n) is 4.51. The topological polar surface area (TPSA) is 98.5 Å². The summed E-state index contributed by atoms with van der Waals surface area (Å²) in [5, 5.41) is 11.8. The number of nitrogens with zero attached hydrogens (tertiary/aromatic N) is 5. The second-order valence-electron chi connectivity index (χ2n) is 8.58. The van der Waals surface area contributed by atoms with Crippen molar-refractivity contribution in [3.8, 4) is 17.2 Å². The number of aromatic nitrogens is 5. The Hall–Kier alpha value is -4.50. The molecule has 0 amide bonds. The molecule has 0 spiro atoms. The van der Waals surface area contributed by atoms with Gasteiger partial charge in [0.15, 0.2) is 5.65 Å². The molecule has 0 fully saturated rings. The molecule has 5 aromatic rings. The van der Waals surface area contributed by atoms with E-state index in [1.165, 1.54) is 11.9 Å². The van der Waals surface area contributed by atoms with Gasteiger partial charge in [0, 0.05) is 30.1 Å². The fraction of sp³-hybridized carbons (Fsp3) is 0.185. The maximum Gasteiger partial charge on any atom is 0.158 e. The zero-order chi connectivity index (χ0) is 24.5. The van der Waals surface area contributed by atoms with E-state index < -0.39 is 0 Å². The van der Waals surface area contributed by atoms with Crippen LogP contribution in [0, 0.1) is 6.92 Å². The fourth-order valence-corrected chi connectivity index (χ4v) is 4.51. The van der Waals surface area contributed by atoms with Crippen LogP contribution in [0.3, 0.4) is 0 Å². The van der Waals surface area contributed by atoms with Crippen molar-refractivity contribution in [1.29, 1.82) is 0 Å². The Morgan fingerprint density at radius 1 is 1.03 bits per heavy atom. The van der Waals surface area contributed by atoms with Gasteiger partial charge in [-0.1, -0.05) is 6.08 Å². The van der Waals surface area contributed by atoms with Crippen molar-refractivity contribution in [2.24, 2.45) is 0 Å². The number of pyridine rings is 1. The van der Waals surface area contributed by atoms with Crippen LogP contribution in [-0.4, -0.2) is 44.8 Å². The average Bonchev–Trinajstić information content (AvgIpc) is 3.38. The predicted octanol–water partition coefficient (Wildman–Crippen LogP) is 4.90. The largest absolute Gasteiger partial charge is 0.495 e. The van der Waals surface area contributed by atoms with Crippen LogP contribution in [0.4, 0.5) is 11.5 Å². The molecule has 4 heterocycles. The Bertz CT molecular complexity index is 1610. The summed E-state index contributed by atoms with van der Waals surface area (Å²) in [5.41, 5.74) is 5.77. The van der Waals surface area contributed by atoms with Gasteiger partial charge in [-0.15, -0.1) is 0 Å². The minimum absolute atomic E-state index is 0.693. The molecule has 9 heteroatoms. The number of rotatable bonds is 6. The van der Waals surface area contributed by atoms with E-state index in [2.05, 4.69) is 42.8 Å². The van der Waals surface area contributed by atoms with Crippen molar-refractivity contribution >= 4 is 33.6 Å². The molecule has 2 aromatic carbocycles. The average molecular weight is 480 g/mol. The summed E-state index contributed by atoms with van der Waals surface area (Å²) in [4.78, 5) is 13.3. The number of anilines is 2. The summed E-state index contributed by atoms with van der Waals surface area (Å²) in [6, 6.07) is 13.8. The first-order valence-electron chi connectivity index (χ1n) is 11.8. The third-order valence-corrected chi connectivity index (χ3v) is 6.29. The van der Waals surface area contributed by atoms with Gasteiger partial charge >= 0.3 is 0 Å². The monoisotopic (exact) mass is 479 g/mol. The summed E-state index contributed by atoms with van der Waals surface area (Å²) in [7, 11) is 1.70. The van der Waals surface area contributed by atoms with E-state index in [4.69, 9.17) is 9.47 Å². The van der Waals surface area contributed by atoms with E-state index in [1.54, 1.807) is 18.0 Å². The van der Waals surface area contributed by atoms with Crippen molar-refractivity contribution in [3.63, 3.8) is 0 Å². The number of fused-ring (bicyclic) bond motifs is 2. The maximum atomic E-state index is 6.12. The first-order chi connectivity index (χ1) is 17.7. The molecule has 36 heavy (non-hydrogen) atoms. The normalized spacial score (nSPS) is 13.6. The van der Waals surface area contributed by atoms with Crippen LogP contribution >= 0.6 is 0 Å². The zero-order valence-electron chi connectivity index (χ0n) is 20.0. The predicted molar refractivity (Wildman–Crippen MR) is 139 cm³/mol. The molecule has 0 radical (unpaired) electrons. The Morgan fingerprint density at radius 3 is 2.81 bits per heavy atom. The van der Waals surface area contributed by atoms with E-state index in [0.717, 1.165) is 64.4 Å². The van der Waals surface area contributed by atoms with Gasteiger partial charge in [0.25, 0.3) is 0 Å². The van der Waals surface area contributed by atoms with E-state index in [1.807, 2.05) is 49.5 Å². The van der Waals surface area contributed by atoms with Gasteiger partial charge in [-0.3, -0.25) is 0 Å². The minimum Gasteiger partial charge on any atom is -0.495 e. The minimum atomic E-state index is 0.693. The number of ether oxygens (including phenoxy) is 2. The lowest BCUT2D eigenvalue weighted by molar-refractivity contribution is 0.418. The van der Waals surface area contributed by atoms with Crippen LogP contribution in [0.2, 0.25) is 0 Å². The van der Waals surface area contributed by atoms with Gasteiger partial charge in [0.2, 0.25) is 0 Å². The highest BCUT2D eigenvalue weighted by atomic mass is 16.5. The van der Waals surface area contributed by atoms with Gasteiger partial charge < -0.3 is 20.1 Å². The molecular formula is C27H25N7O2. The molecule has 180 valence electrons. The van der Waals surface area contributed by atoms with Crippen LogP contribution in [0.5, 0.6) is 17.2 Å². The Balaban J connectivity index is 1.32. The molecule has 3 aromatic heterocycles. The summed E-state index contributed by atoms with van der Waals surface area (Å²) in [6.07, 6.45) is 8.07. The Labute approximate surface area is 207 Å². The van der Waals surface area contributed by atoms with Crippen LogP contribution in [-0.2, 0) is 0 Å². The number of methoxy groups -OCH3 is 1. The van der Waals surface area contributed by atoms with Crippen LogP contribution in [0.25, 0.3) is 22.1 Å². The third kappa shape index (κ3) is 4.09. The standard InChI is InChI=1S/C27H25N7O2/c1-17-13-19(3-6-23(17)36-20-9-12-34-24(14-20)30-16-32-34)33-27-25-22(29-15-31-27)5-4-21(26(25)35-2)18-7-10-28-11-8-18/h3-7,9,12-16,28H,8,10-11H2,1-2H3,(H,29,31,33). The molecule has 0 saturated carbocycles. The lowest BCUT2D eigenvalue weighted by Crippen LogP contribution is -2.20. The van der Waals surface area contributed by atoms with Crippen molar-refractivity contribution in [1.82, 2.24) is 29.9 Å². The van der Waals surface area contributed by atoms with E-state index >= 15 is 0 Å². The summed E-state index contributed by atoms with van der Waals surface area (Å²) in [6.45, 7) is 3.81. The number of benzene rings is 2. The summed E-state index contributed by atoms with van der Waals surface area (Å²) < 4.78 is 13.7. The first kappa shape index (κ1) is 22.0. The zero-order valence-corrected chi connectivity index (χ0v) is 20.0. The molecule has 0 saturated heterocycles. The number of nitrogens with one attached hydrogen (secondary N) is 2.